The van der Waals surface area contributed by atoms with Gasteiger partial charge in [-0.3, -0.25) is 9.69 Å². The number of carbonyl (C=O) groups excluding carboxylic acids is 1. The van der Waals surface area contributed by atoms with E-state index in [0.29, 0.717) is 12.1 Å². The van der Waals surface area contributed by atoms with Gasteiger partial charge in [0.05, 0.1) is 20.3 Å². The molecule has 0 aliphatic carbocycles. The van der Waals surface area contributed by atoms with E-state index >= 15 is 0 Å². The van der Waals surface area contributed by atoms with E-state index < -0.39 is 0 Å². The number of para-hydroxylation sites is 2. The van der Waals surface area contributed by atoms with Gasteiger partial charge in [-0.1, -0.05) is 103 Å². The highest BCUT2D eigenvalue weighted by Gasteiger charge is 2.30. The summed E-state index contributed by atoms with van der Waals surface area (Å²) in [5, 5.41) is 5.53. The lowest BCUT2D eigenvalue weighted by atomic mass is 9.84. The van der Waals surface area contributed by atoms with Gasteiger partial charge in [-0.2, -0.15) is 0 Å². The van der Waals surface area contributed by atoms with Crippen molar-refractivity contribution in [1.29, 1.82) is 0 Å². The van der Waals surface area contributed by atoms with Gasteiger partial charge in [-0.05, 0) is 87.3 Å². The van der Waals surface area contributed by atoms with E-state index in [0.717, 1.165) is 53.2 Å². The number of aromatic nitrogens is 2. The average Bonchev–Trinajstić information content (AvgIpc) is 3.88. The number of nitrogens with one attached hydrogen (secondary N) is 3. The molecule has 3 heterocycles. The van der Waals surface area contributed by atoms with E-state index in [9.17, 15) is 4.79 Å². The van der Waals surface area contributed by atoms with Gasteiger partial charge in [0.15, 0.2) is 11.5 Å². The van der Waals surface area contributed by atoms with E-state index in [1.807, 2.05) is 12.1 Å². The van der Waals surface area contributed by atoms with Crippen molar-refractivity contribution in [3.63, 3.8) is 0 Å². The average molecular weight is 737 g/mol. The molecule has 0 spiro atoms. The van der Waals surface area contributed by atoms with Crippen LogP contribution in [-0.2, 0) is 19.5 Å². The molecule has 2 aromatic heterocycles. The molecule has 7 nitrogen and oxygen atoms in total. The number of carbonyl (C=O) groups is 1. The Morgan fingerprint density at radius 1 is 0.714 bits per heavy atom. The van der Waals surface area contributed by atoms with E-state index in [1.54, 1.807) is 14.2 Å². The number of H-pyrrole nitrogens is 2. The fourth-order valence-corrected chi connectivity index (χ4v) is 8.49. The topological polar surface area (TPSA) is 82.4 Å². The van der Waals surface area contributed by atoms with Crippen molar-refractivity contribution in [3.05, 3.63) is 202 Å². The van der Waals surface area contributed by atoms with Gasteiger partial charge < -0.3 is 24.8 Å². The number of amides is 1. The Morgan fingerprint density at radius 3 is 1.95 bits per heavy atom. The largest absolute Gasteiger partial charge is 0.493 e. The summed E-state index contributed by atoms with van der Waals surface area (Å²) in [5.41, 5.74) is 12.4. The molecule has 7 heteroatoms. The maximum absolute atomic E-state index is 13.4. The summed E-state index contributed by atoms with van der Waals surface area (Å²) < 4.78 is 11.3. The number of aromatic amines is 2. The van der Waals surface area contributed by atoms with E-state index in [4.69, 9.17) is 9.47 Å². The normalized spacial score (nSPS) is 14.2. The van der Waals surface area contributed by atoms with Crippen molar-refractivity contribution in [2.45, 2.75) is 31.5 Å². The molecule has 1 aliphatic heterocycles. The quantitative estimate of drug-likeness (QED) is 0.124. The Kier molecular flexibility index (Phi) is 9.59. The predicted octanol–water partition coefficient (Wildman–Crippen LogP) is 9.92. The number of fused-ring (bicyclic) bond motifs is 3. The molecule has 278 valence electrons. The summed E-state index contributed by atoms with van der Waals surface area (Å²) in [6, 6.07) is 48.5. The van der Waals surface area contributed by atoms with Crippen molar-refractivity contribution in [2.75, 3.05) is 20.8 Å². The molecule has 56 heavy (non-hydrogen) atoms. The lowest BCUT2D eigenvalue weighted by Gasteiger charge is -2.38. The highest BCUT2D eigenvalue weighted by molar-refractivity contribution is 5.94. The Morgan fingerprint density at radius 2 is 1.30 bits per heavy atom. The molecule has 0 radical (unpaired) electrons. The zero-order valence-electron chi connectivity index (χ0n) is 31.6. The maximum Gasteiger partial charge on any atom is 0.251 e. The molecule has 0 saturated carbocycles. The molecule has 1 amide bonds. The molecule has 0 saturated heterocycles. The van der Waals surface area contributed by atoms with Crippen LogP contribution in [0.3, 0.4) is 0 Å². The number of rotatable bonds is 11. The molecule has 1 atom stereocenters. The first-order valence-corrected chi connectivity index (χ1v) is 19.2. The van der Waals surface area contributed by atoms with Crippen LogP contribution < -0.4 is 14.8 Å². The van der Waals surface area contributed by atoms with E-state index in [1.165, 1.54) is 44.2 Å². The summed E-state index contributed by atoms with van der Waals surface area (Å²) in [4.78, 5) is 22.9. The maximum atomic E-state index is 13.4. The number of hydrogen-bond donors (Lipinski definition) is 3. The third-order valence-corrected chi connectivity index (χ3v) is 11.3. The second-order valence-electron chi connectivity index (χ2n) is 14.6. The first-order valence-electron chi connectivity index (χ1n) is 19.2. The number of ether oxygens (including phenoxy) is 2. The smallest absolute Gasteiger partial charge is 0.251 e. The van der Waals surface area contributed by atoms with Gasteiger partial charge in [-0.25, -0.2) is 0 Å². The Labute approximate surface area is 326 Å². The molecule has 8 aromatic rings. The van der Waals surface area contributed by atoms with Gasteiger partial charge in [0.1, 0.15) is 0 Å². The SMILES string of the molecule is COc1cc2c(cc1OC)C(c1ccccc1)N(Cc1ccc(CNC(=O)c3ccc(C(c4c[nH]c5ccccc45)c4c[nH]c5ccccc45)cc3)cc1)CC2. The minimum absolute atomic E-state index is 0.0214. The van der Waals surface area contributed by atoms with Gasteiger partial charge in [0.2, 0.25) is 0 Å². The van der Waals surface area contributed by atoms with Gasteiger partial charge in [0.25, 0.3) is 5.91 Å². The van der Waals surface area contributed by atoms with Crippen molar-refractivity contribution >= 4 is 27.7 Å². The van der Waals surface area contributed by atoms with Crippen LogP contribution in [0.5, 0.6) is 11.5 Å². The molecule has 1 unspecified atom stereocenters. The first kappa shape index (κ1) is 35.2. The minimum atomic E-state index is -0.0962. The number of benzene rings is 6. The zero-order chi connectivity index (χ0) is 38.0. The monoisotopic (exact) mass is 736 g/mol. The number of nitrogens with zero attached hydrogens (tertiary/aromatic N) is 1. The van der Waals surface area contributed by atoms with Gasteiger partial charge in [-0.15, -0.1) is 0 Å². The second kappa shape index (κ2) is 15.3. The first-order chi connectivity index (χ1) is 27.6. The molecule has 1 aliphatic rings. The molecular formula is C49H44N4O3. The van der Waals surface area contributed by atoms with Crippen LogP contribution in [0.1, 0.15) is 66.8 Å². The summed E-state index contributed by atoms with van der Waals surface area (Å²) in [7, 11) is 3.38. The highest BCUT2D eigenvalue weighted by Crippen LogP contribution is 2.42. The third-order valence-electron chi connectivity index (χ3n) is 11.3. The van der Waals surface area contributed by atoms with Gasteiger partial charge >= 0.3 is 0 Å². The second-order valence-corrected chi connectivity index (χ2v) is 14.6. The van der Waals surface area contributed by atoms with Crippen LogP contribution >= 0.6 is 0 Å². The summed E-state index contributed by atoms with van der Waals surface area (Å²) in [5.74, 6) is 1.40. The van der Waals surface area contributed by atoms with Crippen LogP contribution in [0.2, 0.25) is 0 Å². The Bertz CT molecular complexity index is 2550. The zero-order valence-corrected chi connectivity index (χ0v) is 31.6. The van der Waals surface area contributed by atoms with Crippen LogP contribution in [-0.4, -0.2) is 41.5 Å². The van der Waals surface area contributed by atoms with Crippen molar-refractivity contribution in [1.82, 2.24) is 20.2 Å². The third kappa shape index (κ3) is 6.71. The molecule has 0 bridgehead atoms. The molecule has 9 rings (SSSR count). The molecule has 6 aromatic carbocycles. The molecule has 0 fully saturated rings. The predicted molar refractivity (Wildman–Crippen MR) is 224 cm³/mol. The van der Waals surface area contributed by atoms with E-state index in [-0.39, 0.29) is 17.9 Å². The van der Waals surface area contributed by atoms with Crippen molar-refractivity contribution in [2.24, 2.45) is 0 Å². The molecule has 3 N–H and O–H groups in total. The Hall–Kier alpha value is -6.57. The standard InChI is InChI=1S/C49H44N4O3/c1-55-45-26-37-24-25-53(48(35-10-4-3-5-11-35)40(37)27-46(45)56-2)31-33-18-16-32(17-19-33)28-52-49(54)36-22-20-34(21-23-36)47(41-29-50-43-14-8-6-12-38(41)43)42-30-51-44-15-9-7-13-39(42)44/h3-23,26-27,29-30,47-48,50-51H,24-25,28,31H2,1-2H3,(H,52,54). The lowest BCUT2D eigenvalue weighted by molar-refractivity contribution is 0.0951. The number of hydrogen-bond acceptors (Lipinski definition) is 4. The fourth-order valence-electron chi connectivity index (χ4n) is 8.49. The summed E-state index contributed by atoms with van der Waals surface area (Å²) in [6.45, 7) is 2.16. The van der Waals surface area contributed by atoms with Crippen LogP contribution in [0.25, 0.3) is 21.8 Å². The number of methoxy groups -OCH3 is 2. The molecular weight excluding hydrogens is 693 g/mol. The fraction of sp³-hybridized carbons (Fsp3) is 0.163. The summed E-state index contributed by atoms with van der Waals surface area (Å²) in [6.07, 6.45) is 5.16. The van der Waals surface area contributed by atoms with Crippen LogP contribution in [0, 0.1) is 0 Å². The lowest BCUT2D eigenvalue weighted by Crippen LogP contribution is -2.35. The summed E-state index contributed by atoms with van der Waals surface area (Å²) >= 11 is 0. The van der Waals surface area contributed by atoms with Crippen molar-refractivity contribution < 1.29 is 14.3 Å². The highest BCUT2D eigenvalue weighted by atomic mass is 16.5. The van der Waals surface area contributed by atoms with Crippen LogP contribution in [0.15, 0.2) is 152 Å². The Balaban J connectivity index is 0.899. The van der Waals surface area contributed by atoms with Crippen molar-refractivity contribution in [3.8, 4) is 11.5 Å². The van der Waals surface area contributed by atoms with Crippen LogP contribution in [0.4, 0.5) is 0 Å². The van der Waals surface area contributed by atoms with E-state index in [2.05, 4.69) is 160 Å². The minimum Gasteiger partial charge on any atom is -0.493 e. The van der Waals surface area contributed by atoms with Gasteiger partial charge in [0, 0.05) is 65.3 Å².